The lowest BCUT2D eigenvalue weighted by Crippen LogP contribution is -2.20. The average molecular weight is 397 g/mol. The van der Waals surface area contributed by atoms with E-state index in [0.29, 0.717) is 40.7 Å². The van der Waals surface area contributed by atoms with Gasteiger partial charge in [-0.3, -0.25) is 5.21 Å². The lowest BCUT2D eigenvalue weighted by Gasteiger charge is -2.20. The van der Waals surface area contributed by atoms with Crippen LogP contribution >= 0.6 is 0 Å². The van der Waals surface area contributed by atoms with Crippen molar-refractivity contribution in [2.24, 2.45) is 0 Å². The third kappa shape index (κ3) is 4.57. The number of aromatic nitrogens is 1. The standard InChI is InChI=1S/C22H24FN3O3/c1-4-29-21-11-15(9-10-20(21)28-3)14-26(27)22-19(24-2)12-16(13-25-22)17-7-5-6-8-18(17)23/h5-13,24,27H,4,14H2,1-3H3. The zero-order valence-electron chi connectivity index (χ0n) is 16.6. The molecule has 3 aromatic rings. The van der Waals surface area contributed by atoms with Crippen LogP contribution in [-0.2, 0) is 6.54 Å². The second-order valence-corrected chi connectivity index (χ2v) is 6.30. The van der Waals surface area contributed by atoms with Crippen molar-refractivity contribution < 1.29 is 19.1 Å². The first-order valence-electron chi connectivity index (χ1n) is 9.26. The Balaban J connectivity index is 1.87. The molecule has 0 unspecified atom stereocenters. The molecule has 29 heavy (non-hydrogen) atoms. The van der Waals surface area contributed by atoms with E-state index in [-0.39, 0.29) is 12.4 Å². The Hall–Kier alpha value is -3.32. The molecule has 0 amide bonds. The molecule has 1 aromatic heterocycles. The van der Waals surface area contributed by atoms with Crippen LogP contribution in [0.15, 0.2) is 54.7 Å². The molecule has 0 aliphatic rings. The van der Waals surface area contributed by atoms with Crippen LogP contribution in [0.4, 0.5) is 15.9 Å². The minimum atomic E-state index is -0.327. The number of hydrogen-bond acceptors (Lipinski definition) is 6. The molecule has 0 radical (unpaired) electrons. The first kappa shape index (κ1) is 20.4. The summed E-state index contributed by atoms with van der Waals surface area (Å²) in [5, 5.41) is 14.7. The van der Waals surface area contributed by atoms with Gasteiger partial charge in [0, 0.05) is 24.4 Å². The third-order valence-corrected chi connectivity index (χ3v) is 4.43. The number of nitrogens with one attached hydrogen (secondary N) is 1. The van der Waals surface area contributed by atoms with E-state index in [4.69, 9.17) is 9.47 Å². The molecule has 152 valence electrons. The van der Waals surface area contributed by atoms with E-state index in [1.807, 2.05) is 19.1 Å². The Morgan fingerprint density at radius 1 is 1.14 bits per heavy atom. The van der Waals surface area contributed by atoms with Crippen molar-refractivity contribution in [1.82, 2.24) is 4.98 Å². The Kier molecular flexibility index (Phi) is 6.51. The first-order valence-corrected chi connectivity index (χ1v) is 9.26. The number of pyridine rings is 1. The summed E-state index contributed by atoms with van der Waals surface area (Å²) < 4.78 is 25.0. The highest BCUT2D eigenvalue weighted by Gasteiger charge is 2.15. The van der Waals surface area contributed by atoms with Gasteiger partial charge in [0.1, 0.15) is 5.82 Å². The highest BCUT2D eigenvalue weighted by atomic mass is 19.1. The number of hydroxylamine groups is 1. The van der Waals surface area contributed by atoms with Gasteiger partial charge in [-0.25, -0.2) is 14.4 Å². The Labute approximate surface area is 169 Å². The Morgan fingerprint density at radius 2 is 1.93 bits per heavy atom. The number of hydrogen-bond donors (Lipinski definition) is 2. The zero-order valence-corrected chi connectivity index (χ0v) is 16.6. The van der Waals surface area contributed by atoms with Crippen LogP contribution in [0.5, 0.6) is 11.5 Å². The van der Waals surface area contributed by atoms with Gasteiger partial charge in [0.2, 0.25) is 0 Å². The van der Waals surface area contributed by atoms with Crippen LogP contribution in [0.1, 0.15) is 12.5 Å². The molecule has 0 aliphatic carbocycles. The molecule has 2 aromatic carbocycles. The highest BCUT2D eigenvalue weighted by molar-refractivity contribution is 5.74. The van der Waals surface area contributed by atoms with Crippen LogP contribution in [0, 0.1) is 5.82 Å². The Morgan fingerprint density at radius 3 is 2.62 bits per heavy atom. The molecule has 1 heterocycles. The van der Waals surface area contributed by atoms with Crippen molar-refractivity contribution in [3.05, 3.63) is 66.1 Å². The van der Waals surface area contributed by atoms with Gasteiger partial charge in [-0.15, -0.1) is 0 Å². The van der Waals surface area contributed by atoms with Gasteiger partial charge in [0.25, 0.3) is 0 Å². The number of benzene rings is 2. The minimum Gasteiger partial charge on any atom is -0.493 e. The van der Waals surface area contributed by atoms with E-state index >= 15 is 0 Å². The summed E-state index contributed by atoms with van der Waals surface area (Å²) >= 11 is 0. The maximum absolute atomic E-state index is 14.1. The van der Waals surface area contributed by atoms with Crippen molar-refractivity contribution in [3.63, 3.8) is 0 Å². The van der Waals surface area contributed by atoms with Crippen molar-refractivity contribution in [1.29, 1.82) is 0 Å². The molecule has 2 N–H and O–H groups in total. The summed E-state index contributed by atoms with van der Waals surface area (Å²) in [5.74, 6) is 1.24. The molecule has 0 saturated carbocycles. The largest absolute Gasteiger partial charge is 0.493 e. The summed E-state index contributed by atoms with van der Waals surface area (Å²) in [7, 11) is 3.30. The topological polar surface area (TPSA) is 66.9 Å². The van der Waals surface area contributed by atoms with Crippen LogP contribution in [0.3, 0.4) is 0 Å². The molecule has 7 heteroatoms. The summed E-state index contributed by atoms with van der Waals surface area (Å²) in [6.45, 7) is 2.58. The van der Waals surface area contributed by atoms with Crippen molar-refractivity contribution in [2.75, 3.05) is 31.1 Å². The van der Waals surface area contributed by atoms with Gasteiger partial charge in [0.05, 0.1) is 25.9 Å². The van der Waals surface area contributed by atoms with Crippen LogP contribution in [0.25, 0.3) is 11.1 Å². The van der Waals surface area contributed by atoms with E-state index in [1.165, 1.54) is 12.3 Å². The van der Waals surface area contributed by atoms with Gasteiger partial charge < -0.3 is 14.8 Å². The second kappa shape index (κ2) is 9.25. The van der Waals surface area contributed by atoms with Crippen LogP contribution in [0.2, 0.25) is 0 Å². The number of halogens is 1. The fraction of sp³-hybridized carbons (Fsp3) is 0.227. The van der Waals surface area contributed by atoms with Crippen molar-refractivity contribution >= 4 is 11.5 Å². The molecule has 6 nitrogen and oxygen atoms in total. The lowest BCUT2D eigenvalue weighted by molar-refractivity contribution is 0.246. The van der Waals surface area contributed by atoms with E-state index in [2.05, 4.69) is 10.3 Å². The highest BCUT2D eigenvalue weighted by Crippen LogP contribution is 2.32. The molecular weight excluding hydrogens is 373 g/mol. The van der Waals surface area contributed by atoms with Crippen molar-refractivity contribution in [3.8, 4) is 22.6 Å². The van der Waals surface area contributed by atoms with Gasteiger partial charge >= 0.3 is 0 Å². The molecule has 0 spiro atoms. The fourth-order valence-electron chi connectivity index (χ4n) is 3.03. The molecule has 0 saturated heterocycles. The van der Waals surface area contributed by atoms with Crippen LogP contribution < -0.4 is 19.9 Å². The third-order valence-electron chi connectivity index (χ3n) is 4.43. The monoisotopic (exact) mass is 397 g/mol. The van der Waals surface area contributed by atoms with E-state index in [9.17, 15) is 9.60 Å². The maximum Gasteiger partial charge on any atom is 0.176 e. The van der Waals surface area contributed by atoms with Crippen LogP contribution in [-0.4, -0.2) is 31.0 Å². The van der Waals surface area contributed by atoms with Gasteiger partial charge in [-0.2, -0.15) is 0 Å². The second-order valence-electron chi connectivity index (χ2n) is 6.30. The fourth-order valence-corrected chi connectivity index (χ4v) is 3.03. The smallest absolute Gasteiger partial charge is 0.176 e. The first-order chi connectivity index (χ1) is 14.1. The van der Waals surface area contributed by atoms with E-state index < -0.39 is 0 Å². The summed E-state index contributed by atoms with van der Waals surface area (Å²) in [5.41, 5.74) is 2.46. The summed E-state index contributed by atoms with van der Waals surface area (Å²) in [6.07, 6.45) is 1.54. The predicted octanol–water partition coefficient (Wildman–Crippen LogP) is 4.73. The van der Waals surface area contributed by atoms with Gasteiger partial charge in [0.15, 0.2) is 17.3 Å². The predicted molar refractivity (Wildman–Crippen MR) is 111 cm³/mol. The molecule has 0 atom stereocenters. The lowest BCUT2D eigenvalue weighted by atomic mass is 10.1. The number of ether oxygens (including phenoxy) is 2. The molecule has 3 rings (SSSR count). The number of methoxy groups -OCH3 is 1. The number of nitrogens with zero attached hydrogens (tertiary/aromatic N) is 2. The SMILES string of the molecule is CCOc1cc(CN(O)c2ncc(-c3ccccc3F)cc2NC)ccc1OC. The number of anilines is 2. The Bertz CT molecular complexity index is 981. The summed E-state index contributed by atoms with van der Waals surface area (Å²) in [6, 6.07) is 13.7. The molecule has 0 fully saturated rings. The number of rotatable bonds is 8. The van der Waals surface area contributed by atoms with Gasteiger partial charge in [-0.1, -0.05) is 24.3 Å². The van der Waals surface area contributed by atoms with Crippen molar-refractivity contribution in [2.45, 2.75) is 13.5 Å². The molecule has 0 bridgehead atoms. The normalized spacial score (nSPS) is 10.5. The minimum absolute atomic E-state index is 0.185. The maximum atomic E-state index is 14.1. The molecule has 0 aliphatic heterocycles. The van der Waals surface area contributed by atoms with E-state index in [1.54, 1.807) is 44.5 Å². The summed E-state index contributed by atoms with van der Waals surface area (Å²) in [4.78, 5) is 4.35. The zero-order chi connectivity index (χ0) is 20.8. The van der Waals surface area contributed by atoms with E-state index in [0.717, 1.165) is 10.6 Å². The quantitative estimate of drug-likeness (QED) is 0.536. The average Bonchev–Trinajstić information content (AvgIpc) is 2.74. The molecular formula is C22H24FN3O3. The van der Waals surface area contributed by atoms with Gasteiger partial charge in [-0.05, 0) is 36.8 Å².